The van der Waals surface area contributed by atoms with Gasteiger partial charge in [-0.05, 0) is 45.0 Å². The number of carbonyl (C=O) groups is 1. The lowest BCUT2D eigenvalue weighted by atomic mass is 10.2. The number of hydrogen-bond donors (Lipinski definition) is 0. The Hall–Kier alpha value is -1.75. The first-order valence-electron chi connectivity index (χ1n) is 7.24. The van der Waals surface area contributed by atoms with E-state index in [-0.39, 0.29) is 18.1 Å². The van der Waals surface area contributed by atoms with Crippen LogP contribution in [0.2, 0.25) is 0 Å². The Morgan fingerprint density at radius 1 is 1.19 bits per heavy atom. The van der Waals surface area contributed by atoms with E-state index >= 15 is 0 Å². The molecule has 0 unspecified atom stereocenters. The summed E-state index contributed by atoms with van der Waals surface area (Å²) in [5.41, 5.74) is 0. The highest BCUT2D eigenvalue weighted by molar-refractivity contribution is 5.81. The lowest BCUT2D eigenvalue weighted by molar-refractivity contribution is -0.149. The molecule has 1 aromatic rings. The Balaban J connectivity index is 1.95. The van der Waals surface area contributed by atoms with Crippen LogP contribution in [0.25, 0.3) is 0 Å². The molecular weight excluding hydrogens is 270 g/mol. The van der Waals surface area contributed by atoms with E-state index in [1.165, 1.54) is 0 Å². The van der Waals surface area contributed by atoms with Crippen LogP contribution >= 0.6 is 0 Å². The van der Waals surface area contributed by atoms with Gasteiger partial charge in [-0.25, -0.2) is 0 Å². The zero-order valence-electron chi connectivity index (χ0n) is 13.0. The van der Waals surface area contributed by atoms with E-state index in [1.807, 2.05) is 30.9 Å². The van der Waals surface area contributed by atoms with Gasteiger partial charge in [0.1, 0.15) is 11.5 Å². The number of benzene rings is 1. The van der Waals surface area contributed by atoms with Gasteiger partial charge >= 0.3 is 0 Å². The quantitative estimate of drug-likeness (QED) is 0.853. The van der Waals surface area contributed by atoms with Crippen molar-refractivity contribution in [1.29, 1.82) is 0 Å². The zero-order valence-corrected chi connectivity index (χ0v) is 13.0. The molecular formula is C16H23NO4. The minimum Gasteiger partial charge on any atom is -0.497 e. The van der Waals surface area contributed by atoms with Crippen LogP contribution in [0.5, 0.6) is 11.5 Å². The minimum atomic E-state index is -0.518. The van der Waals surface area contributed by atoms with E-state index in [0.717, 1.165) is 5.75 Å². The van der Waals surface area contributed by atoms with E-state index in [9.17, 15) is 4.79 Å². The average Bonchev–Trinajstić information content (AvgIpc) is 2.46. The summed E-state index contributed by atoms with van der Waals surface area (Å²) in [6, 6.07) is 7.22. The molecule has 0 N–H and O–H groups in total. The molecule has 5 nitrogen and oxygen atoms in total. The summed E-state index contributed by atoms with van der Waals surface area (Å²) in [6.07, 6.45) is -0.396. The molecule has 0 aliphatic carbocycles. The van der Waals surface area contributed by atoms with Crippen LogP contribution in [0.4, 0.5) is 0 Å². The average molecular weight is 293 g/mol. The summed E-state index contributed by atoms with van der Waals surface area (Å²) < 4.78 is 16.4. The van der Waals surface area contributed by atoms with E-state index in [2.05, 4.69) is 0 Å². The van der Waals surface area contributed by atoms with Gasteiger partial charge in [0.15, 0.2) is 6.10 Å². The molecule has 1 amide bonds. The summed E-state index contributed by atoms with van der Waals surface area (Å²) >= 11 is 0. The normalized spacial score (nSPS) is 23.5. The highest BCUT2D eigenvalue weighted by Gasteiger charge is 2.29. The number of morpholine rings is 1. The second-order valence-electron chi connectivity index (χ2n) is 5.44. The van der Waals surface area contributed by atoms with Crippen molar-refractivity contribution >= 4 is 5.91 Å². The van der Waals surface area contributed by atoms with Gasteiger partial charge in [-0.15, -0.1) is 0 Å². The predicted octanol–water partition coefficient (Wildman–Crippen LogP) is 2.10. The molecule has 116 valence electrons. The fraction of sp³-hybridized carbons (Fsp3) is 0.562. The number of amides is 1. The maximum atomic E-state index is 12.4. The topological polar surface area (TPSA) is 48.0 Å². The molecule has 3 atom stereocenters. The van der Waals surface area contributed by atoms with E-state index in [0.29, 0.717) is 18.8 Å². The number of ether oxygens (including phenoxy) is 3. The molecule has 2 rings (SSSR count). The van der Waals surface area contributed by atoms with E-state index in [4.69, 9.17) is 14.2 Å². The van der Waals surface area contributed by atoms with Crippen molar-refractivity contribution < 1.29 is 19.0 Å². The molecule has 21 heavy (non-hydrogen) atoms. The molecule has 1 aliphatic heterocycles. The SMILES string of the molecule is COc1ccc(O[C@H](C)C(=O)N2C[C@@H](C)O[C@H](C)C2)cc1. The minimum absolute atomic E-state index is 0.00665. The molecule has 1 aromatic carbocycles. The van der Waals surface area contributed by atoms with Crippen LogP contribution in [0.15, 0.2) is 24.3 Å². The van der Waals surface area contributed by atoms with Gasteiger partial charge < -0.3 is 19.1 Å². The van der Waals surface area contributed by atoms with E-state index in [1.54, 1.807) is 26.2 Å². The Bertz CT molecular complexity index is 464. The maximum Gasteiger partial charge on any atom is 0.263 e. The van der Waals surface area contributed by atoms with Crippen LogP contribution < -0.4 is 9.47 Å². The lowest BCUT2D eigenvalue weighted by Gasteiger charge is -2.36. The lowest BCUT2D eigenvalue weighted by Crippen LogP contribution is -2.51. The van der Waals surface area contributed by atoms with Crippen LogP contribution in [0.1, 0.15) is 20.8 Å². The summed E-state index contributed by atoms with van der Waals surface area (Å²) in [7, 11) is 1.61. The summed E-state index contributed by atoms with van der Waals surface area (Å²) in [4.78, 5) is 14.2. The maximum absolute atomic E-state index is 12.4. The second kappa shape index (κ2) is 6.80. The first kappa shape index (κ1) is 15.6. The number of nitrogens with zero attached hydrogens (tertiary/aromatic N) is 1. The smallest absolute Gasteiger partial charge is 0.263 e. The van der Waals surface area contributed by atoms with Crippen LogP contribution in [-0.4, -0.2) is 49.3 Å². The molecule has 1 saturated heterocycles. The number of rotatable bonds is 4. The Labute approximate surface area is 125 Å². The van der Waals surface area contributed by atoms with Crippen molar-refractivity contribution in [3.63, 3.8) is 0 Å². The van der Waals surface area contributed by atoms with Crippen molar-refractivity contribution in [3.05, 3.63) is 24.3 Å². The van der Waals surface area contributed by atoms with Crippen molar-refractivity contribution in [2.45, 2.75) is 39.1 Å². The third kappa shape index (κ3) is 4.11. The summed E-state index contributed by atoms with van der Waals surface area (Å²) in [5, 5.41) is 0. The van der Waals surface area contributed by atoms with Crippen LogP contribution in [0.3, 0.4) is 0 Å². The van der Waals surface area contributed by atoms with Crippen molar-refractivity contribution in [3.8, 4) is 11.5 Å². The highest BCUT2D eigenvalue weighted by atomic mass is 16.5. The Morgan fingerprint density at radius 2 is 1.71 bits per heavy atom. The standard InChI is InChI=1S/C16H23NO4/c1-11-9-17(10-12(2)20-11)16(18)13(3)21-15-7-5-14(19-4)6-8-15/h5-8,11-13H,9-10H2,1-4H3/t11-,12-,13-/m1/s1. The number of methoxy groups -OCH3 is 1. The van der Waals surface area contributed by atoms with Gasteiger partial charge in [-0.3, -0.25) is 4.79 Å². The van der Waals surface area contributed by atoms with Gasteiger partial charge in [0.25, 0.3) is 5.91 Å². The van der Waals surface area contributed by atoms with Crippen molar-refractivity contribution in [2.75, 3.05) is 20.2 Å². The Kier molecular flexibility index (Phi) is 5.07. The third-order valence-electron chi connectivity index (χ3n) is 3.45. The van der Waals surface area contributed by atoms with E-state index < -0.39 is 6.10 Å². The molecule has 0 bridgehead atoms. The van der Waals surface area contributed by atoms with Gasteiger partial charge in [0.05, 0.1) is 19.3 Å². The molecule has 0 aromatic heterocycles. The molecule has 0 spiro atoms. The highest BCUT2D eigenvalue weighted by Crippen LogP contribution is 2.19. The molecule has 0 radical (unpaired) electrons. The monoisotopic (exact) mass is 293 g/mol. The zero-order chi connectivity index (χ0) is 15.4. The molecule has 1 fully saturated rings. The second-order valence-corrected chi connectivity index (χ2v) is 5.44. The van der Waals surface area contributed by atoms with Gasteiger partial charge in [0.2, 0.25) is 0 Å². The fourth-order valence-electron chi connectivity index (χ4n) is 2.52. The van der Waals surface area contributed by atoms with Crippen molar-refractivity contribution in [1.82, 2.24) is 4.90 Å². The van der Waals surface area contributed by atoms with Crippen LogP contribution in [-0.2, 0) is 9.53 Å². The largest absolute Gasteiger partial charge is 0.497 e. The fourth-order valence-corrected chi connectivity index (χ4v) is 2.52. The predicted molar refractivity (Wildman–Crippen MR) is 79.7 cm³/mol. The van der Waals surface area contributed by atoms with Crippen LogP contribution in [0, 0.1) is 0 Å². The van der Waals surface area contributed by atoms with Gasteiger partial charge in [-0.2, -0.15) is 0 Å². The summed E-state index contributed by atoms with van der Waals surface area (Å²) in [6.45, 7) is 6.95. The first-order valence-corrected chi connectivity index (χ1v) is 7.24. The molecule has 5 heteroatoms. The third-order valence-corrected chi connectivity index (χ3v) is 3.45. The molecule has 1 aliphatic rings. The molecule has 0 saturated carbocycles. The summed E-state index contributed by atoms with van der Waals surface area (Å²) in [5.74, 6) is 1.41. The van der Waals surface area contributed by atoms with Gasteiger partial charge in [0, 0.05) is 13.1 Å². The molecule has 1 heterocycles. The first-order chi connectivity index (χ1) is 9.99. The van der Waals surface area contributed by atoms with Gasteiger partial charge in [-0.1, -0.05) is 0 Å². The Morgan fingerprint density at radius 3 is 2.24 bits per heavy atom. The van der Waals surface area contributed by atoms with Crippen molar-refractivity contribution in [2.24, 2.45) is 0 Å². The number of hydrogen-bond acceptors (Lipinski definition) is 4. The number of carbonyl (C=O) groups excluding carboxylic acids is 1.